The van der Waals surface area contributed by atoms with Crippen molar-refractivity contribution in [2.75, 3.05) is 32.8 Å². The van der Waals surface area contributed by atoms with Gasteiger partial charge < -0.3 is 19.3 Å². The molecule has 0 aliphatic heterocycles. The largest absolute Gasteiger partial charge is 0.490 e. The first kappa shape index (κ1) is 31.5. The molecule has 0 aliphatic carbocycles. The number of anilines is 1. The highest BCUT2D eigenvalue weighted by molar-refractivity contribution is 7.14. The van der Waals surface area contributed by atoms with Crippen molar-refractivity contribution in [3.63, 3.8) is 0 Å². The van der Waals surface area contributed by atoms with Crippen LogP contribution in [0, 0.1) is 11.7 Å². The van der Waals surface area contributed by atoms with Crippen molar-refractivity contribution in [1.82, 2.24) is 4.98 Å². The van der Waals surface area contributed by atoms with Gasteiger partial charge in [0, 0.05) is 54.4 Å². The van der Waals surface area contributed by atoms with E-state index in [0.29, 0.717) is 36.8 Å². The van der Waals surface area contributed by atoms with Crippen LogP contribution in [-0.2, 0) is 19.0 Å². The molecule has 8 nitrogen and oxygen atoms in total. The molecule has 2 aromatic carbocycles. The Labute approximate surface area is 245 Å². The number of methoxy groups -OCH3 is 2. The van der Waals surface area contributed by atoms with Crippen LogP contribution in [0.3, 0.4) is 0 Å². The highest BCUT2D eigenvalue weighted by Gasteiger charge is 2.21. The summed E-state index contributed by atoms with van der Waals surface area (Å²) < 4.78 is 31.5. The molecular weight excluding hydrogens is 582 g/mol. The molecule has 0 saturated heterocycles. The maximum atomic E-state index is 15.5. The average molecular weight is 612 g/mol. The summed E-state index contributed by atoms with van der Waals surface area (Å²) in [6.07, 6.45) is 1.16. The number of nitrogens with one attached hydrogen (secondary N) is 1. The van der Waals surface area contributed by atoms with Gasteiger partial charge in [0.15, 0.2) is 5.13 Å². The first-order valence-corrected chi connectivity index (χ1v) is 13.8. The lowest BCUT2D eigenvalue weighted by Crippen LogP contribution is -2.12. The summed E-state index contributed by atoms with van der Waals surface area (Å²) in [6.45, 7) is 5.17. The highest BCUT2D eigenvalue weighted by Crippen LogP contribution is 2.33. The second kappa shape index (κ2) is 14.6. The number of halogens is 3. The van der Waals surface area contributed by atoms with Crippen LogP contribution in [0.2, 0.25) is 10.0 Å². The zero-order valence-corrected chi connectivity index (χ0v) is 24.6. The summed E-state index contributed by atoms with van der Waals surface area (Å²) in [6, 6.07) is 7.70. The van der Waals surface area contributed by atoms with Crippen molar-refractivity contribution >= 4 is 57.6 Å². The molecule has 0 fully saturated rings. The number of rotatable bonds is 13. The predicted octanol–water partition coefficient (Wildman–Crippen LogP) is 7.33. The van der Waals surface area contributed by atoms with Crippen molar-refractivity contribution in [3.8, 4) is 11.3 Å². The fourth-order valence-corrected chi connectivity index (χ4v) is 5.02. The first-order chi connectivity index (χ1) is 19.0. The molecule has 0 aliphatic rings. The predicted molar refractivity (Wildman–Crippen MR) is 155 cm³/mol. The monoisotopic (exact) mass is 610 g/mol. The van der Waals surface area contributed by atoms with Gasteiger partial charge in [-0.15, -0.1) is 11.3 Å². The van der Waals surface area contributed by atoms with E-state index < -0.39 is 23.8 Å². The van der Waals surface area contributed by atoms with Gasteiger partial charge in [0.25, 0.3) is 5.91 Å². The number of nitrogens with zero attached hydrogens (tertiary/aromatic N) is 1. The van der Waals surface area contributed by atoms with Gasteiger partial charge in [-0.3, -0.25) is 10.1 Å². The fraction of sp³-hybridized carbons (Fsp3) is 0.321. The third-order valence-electron chi connectivity index (χ3n) is 5.68. The van der Waals surface area contributed by atoms with E-state index in [9.17, 15) is 9.59 Å². The van der Waals surface area contributed by atoms with Crippen LogP contribution in [0.5, 0.6) is 0 Å². The van der Waals surface area contributed by atoms with E-state index in [4.69, 9.17) is 42.5 Å². The lowest BCUT2D eigenvalue weighted by atomic mass is 10.0. The molecule has 214 valence electrons. The SMILES string of the molecule is COC(=Cc1c(Cl)cc(C(=O)Nc2nc(-c3cccc(C(CCOCC(C)C)OC)c3F)cs2)cc1Cl)C(=O)O. The minimum Gasteiger partial charge on any atom is -0.490 e. The Morgan fingerprint density at radius 1 is 1.20 bits per heavy atom. The summed E-state index contributed by atoms with van der Waals surface area (Å²) in [7, 11) is 2.73. The minimum absolute atomic E-state index is 0.0504. The van der Waals surface area contributed by atoms with E-state index in [0.717, 1.165) is 17.4 Å². The lowest BCUT2D eigenvalue weighted by Gasteiger charge is -2.18. The molecule has 40 heavy (non-hydrogen) atoms. The number of aromatic nitrogens is 1. The molecule has 3 rings (SSSR count). The van der Waals surface area contributed by atoms with E-state index in [1.165, 1.54) is 26.4 Å². The van der Waals surface area contributed by atoms with Gasteiger partial charge in [-0.1, -0.05) is 49.2 Å². The van der Waals surface area contributed by atoms with Crippen LogP contribution in [0.25, 0.3) is 17.3 Å². The minimum atomic E-state index is -1.30. The molecule has 0 saturated carbocycles. The normalized spacial score (nSPS) is 12.4. The quantitative estimate of drug-likeness (QED) is 0.118. The molecule has 1 unspecified atom stereocenters. The zero-order chi connectivity index (χ0) is 29.4. The lowest BCUT2D eigenvalue weighted by molar-refractivity contribution is -0.135. The number of benzene rings is 2. The van der Waals surface area contributed by atoms with Crippen molar-refractivity contribution in [2.45, 2.75) is 26.4 Å². The summed E-state index contributed by atoms with van der Waals surface area (Å²) in [5, 5.41) is 13.8. The average Bonchev–Trinajstić information content (AvgIpc) is 3.36. The molecule has 1 amide bonds. The molecule has 1 heterocycles. The fourth-order valence-electron chi connectivity index (χ4n) is 3.72. The van der Waals surface area contributed by atoms with Crippen LogP contribution < -0.4 is 5.32 Å². The molecule has 2 N–H and O–H groups in total. The Morgan fingerprint density at radius 3 is 2.50 bits per heavy atom. The van der Waals surface area contributed by atoms with Crippen LogP contribution in [0.4, 0.5) is 9.52 Å². The number of aliphatic carboxylic acids is 1. The number of thiazole rings is 1. The highest BCUT2D eigenvalue weighted by atomic mass is 35.5. The van der Waals surface area contributed by atoms with Crippen molar-refractivity contribution in [3.05, 3.63) is 74.0 Å². The van der Waals surface area contributed by atoms with Crippen LogP contribution in [0.1, 0.15) is 47.9 Å². The standard InChI is InChI=1S/C28H29Cl2FN2O6S/c1-15(2)13-39-9-8-23(37-3)18-7-5-6-17(25(18)31)22-14-40-28(32-22)33-26(34)16-10-20(29)19(21(30)11-16)12-24(38-4)27(35)36/h5-7,10-12,14-15,23H,8-9,13H2,1-4H3,(H,35,36)(H,32,33,34). The van der Waals surface area contributed by atoms with Crippen molar-refractivity contribution < 1.29 is 33.3 Å². The Balaban J connectivity index is 1.77. The number of ether oxygens (including phenoxy) is 3. The molecule has 3 aromatic rings. The Hall–Kier alpha value is -3.02. The van der Waals surface area contributed by atoms with Gasteiger partial charge in [0.1, 0.15) is 5.82 Å². The number of carboxylic acid groups (broad SMARTS) is 1. The molecule has 0 bridgehead atoms. The molecule has 12 heteroatoms. The summed E-state index contributed by atoms with van der Waals surface area (Å²) in [4.78, 5) is 28.5. The van der Waals surface area contributed by atoms with E-state index in [1.807, 2.05) is 0 Å². The Bertz CT molecular complexity index is 1370. The maximum absolute atomic E-state index is 15.5. The van der Waals surface area contributed by atoms with E-state index in [-0.39, 0.29) is 37.6 Å². The summed E-state index contributed by atoms with van der Waals surface area (Å²) >= 11 is 13.7. The zero-order valence-electron chi connectivity index (χ0n) is 22.3. The van der Waals surface area contributed by atoms with E-state index >= 15 is 4.39 Å². The number of carbonyl (C=O) groups excluding carboxylic acids is 1. The Morgan fingerprint density at radius 2 is 1.90 bits per heavy atom. The van der Waals surface area contributed by atoms with Gasteiger partial charge in [-0.25, -0.2) is 14.2 Å². The third-order valence-corrected chi connectivity index (χ3v) is 7.07. The number of amides is 1. The van der Waals surface area contributed by atoms with Gasteiger partial charge >= 0.3 is 5.97 Å². The summed E-state index contributed by atoms with van der Waals surface area (Å²) in [5.41, 5.74) is 1.32. The Kier molecular flexibility index (Phi) is 11.5. The molecule has 1 aromatic heterocycles. The number of hydrogen-bond acceptors (Lipinski definition) is 7. The molecule has 0 spiro atoms. The number of carboxylic acids is 1. The number of carbonyl (C=O) groups is 2. The molecule has 1 atom stereocenters. The van der Waals surface area contributed by atoms with Gasteiger partial charge in [0.05, 0.1) is 29.0 Å². The first-order valence-electron chi connectivity index (χ1n) is 12.2. The molecular formula is C28H29Cl2FN2O6S. The topological polar surface area (TPSA) is 107 Å². The third kappa shape index (κ3) is 8.02. The van der Waals surface area contributed by atoms with Crippen molar-refractivity contribution in [1.29, 1.82) is 0 Å². The van der Waals surface area contributed by atoms with Crippen LogP contribution in [-0.4, -0.2) is 49.4 Å². The van der Waals surface area contributed by atoms with Crippen LogP contribution >= 0.6 is 34.5 Å². The summed E-state index contributed by atoms with van der Waals surface area (Å²) in [5.74, 6) is -2.28. The van der Waals surface area contributed by atoms with E-state index in [2.05, 4.69) is 24.1 Å². The second-order valence-electron chi connectivity index (χ2n) is 9.05. The van der Waals surface area contributed by atoms with Gasteiger partial charge in [0.2, 0.25) is 5.76 Å². The van der Waals surface area contributed by atoms with Crippen molar-refractivity contribution in [2.24, 2.45) is 5.92 Å². The maximum Gasteiger partial charge on any atom is 0.371 e. The number of hydrogen-bond donors (Lipinski definition) is 2. The smallest absolute Gasteiger partial charge is 0.371 e. The van der Waals surface area contributed by atoms with E-state index in [1.54, 1.807) is 23.6 Å². The van der Waals surface area contributed by atoms with Crippen LogP contribution in [0.15, 0.2) is 41.5 Å². The molecule has 0 radical (unpaired) electrons. The second-order valence-corrected chi connectivity index (χ2v) is 10.7. The van der Waals surface area contributed by atoms with Gasteiger partial charge in [-0.05, 0) is 30.2 Å². The van der Waals surface area contributed by atoms with Gasteiger partial charge in [-0.2, -0.15) is 0 Å².